The number of methoxy groups -OCH3 is 1. The Labute approximate surface area is 246 Å². The van der Waals surface area contributed by atoms with Crippen LogP contribution in [0.4, 0.5) is 5.00 Å². The Kier molecular flexibility index (Phi) is 10.0. The first-order valence-electron chi connectivity index (χ1n) is 12.3. The summed E-state index contributed by atoms with van der Waals surface area (Å²) in [4.78, 5) is 55.7. The van der Waals surface area contributed by atoms with Crippen molar-refractivity contribution in [2.75, 3.05) is 30.5 Å². The predicted molar refractivity (Wildman–Crippen MR) is 158 cm³/mol. The molecular formula is C26H28BrN3O6S3. The Balaban J connectivity index is 1.43. The van der Waals surface area contributed by atoms with Crippen LogP contribution >= 0.6 is 50.4 Å². The molecule has 1 aliphatic carbocycles. The average Bonchev–Trinajstić information content (AvgIpc) is 3.40. The standard InChI is InChI=1S/C26H28BrN3O6S3/c1-4-36-25(34)23-16-7-5-14(2)9-18(16)38-24(23)28-20(31)12-37-13-21(32)29-26-30(11-22(33)35-3)17-8-6-15(27)10-19(17)39-26/h6,8,10,14H,4-5,7,9,11-13H2,1-3H3,(H,28,31). The Hall–Kier alpha value is -2.48. The van der Waals surface area contributed by atoms with E-state index in [0.717, 1.165) is 56.2 Å². The highest BCUT2D eigenvalue weighted by molar-refractivity contribution is 9.10. The number of thioether (sulfide) groups is 1. The highest BCUT2D eigenvalue weighted by atomic mass is 79.9. The fourth-order valence-electron chi connectivity index (χ4n) is 4.27. The summed E-state index contributed by atoms with van der Waals surface area (Å²) >= 11 is 7.28. The topological polar surface area (TPSA) is 116 Å². The maximum atomic E-state index is 12.7. The average molecular weight is 655 g/mol. The van der Waals surface area contributed by atoms with Crippen LogP contribution in [-0.2, 0) is 43.2 Å². The number of esters is 2. The molecule has 1 aliphatic rings. The molecule has 9 nitrogen and oxygen atoms in total. The molecule has 3 aromatic rings. The zero-order chi connectivity index (χ0) is 28.1. The van der Waals surface area contributed by atoms with Crippen molar-refractivity contribution in [3.05, 3.63) is 43.5 Å². The zero-order valence-corrected chi connectivity index (χ0v) is 25.7. The summed E-state index contributed by atoms with van der Waals surface area (Å²) in [5.41, 5.74) is 2.20. The van der Waals surface area contributed by atoms with Crippen LogP contribution < -0.4 is 10.1 Å². The number of thiazole rings is 1. The van der Waals surface area contributed by atoms with Crippen LogP contribution in [0.5, 0.6) is 0 Å². The highest BCUT2D eigenvalue weighted by Gasteiger charge is 2.29. The smallest absolute Gasteiger partial charge is 0.341 e. The van der Waals surface area contributed by atoms with Crippen molar-refractivity contribution >= 4 is 89.3 Å². The number of aromatic nitrogens is 1. The molecule has 39 heavy (non-hydrogen) atoms. The van der Waals surface area contributed by atoms with Gasteiger partial charge in [-0.2, -0.15) is 4.99 Å². The molecule has 0 saturated heterocycles. The van der Waals surface area contributed by atoms with Gasteiger partial charge in [-0.05, 0) is 55.9 Å². The molecule has 1 aromatic carbocycles. The number of nitrogens with one attached hydrogen (secondary N) is 1. The van der Waals surface area contributed by atoms with Crippen molar-refractivity contribution in [2.45, 2.75) is 39.7 Å². The molecule has 2 heterocycles. The quantitative estimate of drug-likeness (QED) is 0.330. The van der Waals surface area contributed by atoms with Crippen molar-refractivity contribution in [3.8, 4) is 0 Å². The molecule has 1 unspecified atom stereocenters. The van der Waals surface area contributed by atoms with Crippen LogP contribution in [0, 0.1) is 5.92 Å². The largest absolute Gasteiger partial charge is 0.468 e. The van der Waals surface area contributed by atoms with E-state index in [0.29, 0.717) is 21.3 Å². The third-order valence-corrected chi connectivity index (χ3v) is 9.70. The zero-order valence-electron chi connectivity index (χ0n) is 21.7. The molecule has 0 bridgehead atoms. The molecule has 0 aliphatic heterocycles. The van der Waals surface area contributed by atoms with Gasteiger partial charge in [0, 0.05) is 9.35 Å². The number of hydrogen-bond donors (Lipinski definition) is 1. The van der Waals surface area contributed by atoms with Gasteiger partial charge >= 0.3 is 11.9 Å². The number of fused-ring (bicyclic) bond motifs is 2. The second-order valence-electron chi connectivity index (χ2n) is 8.98. The SMILES string of the molecule is CCOC(=O)c1c(NC(=O)CSCC(=O)N=c2sc3cc(Br)ccc3n2CC(=O)OC)sc2c1CCC(C)C2. The van der Waals surface area contributed by atoms with Crippen molar-refractivity contribution in [2.24, 2.45) is 10.9 Å². The molecule has 0 spiro atoms. The molecule has 0 saturated carbocycles. The number of halogens is 1. The van der Waals surface area contributed by atoms with E-state index in [-0.39, 0.29) is 30.6 Å². The van der Waals surface area contributed by atoms with Gasteiger partial charge in [-0.15, -0.1) is 23.1 Å². The maximum Gasteiger partial charge on any atom is 0.341 e. The summed E-state index contributed by atoms with van der Waals surface area (Å²) < 4.78 is 13.4. The summed E-state index contributed by atoms with van der Waals surface area (Å²) in [6, 6.07) is 5.58. The number of hydrogen-bond acceptors (Lipinski definition) is 9. The Morgan fingerprint density at radius 3 is 2.77 bits per heavy atom. The molecular weight excluding hydrogens is 626 g/mol. The maximum absolute atomic E-state index is 12.7. The van der Waals surface area contributed by atoms with Crippen molar-refractivity contribution in [1.82, 2.24) is 4.57 Å². The van der Waals surface area contributed by atoms with Gasteiger partial charge in [0.25, 0.3) is 5.91 Å². The Morgan fingerprint density at radius 2 is 2.03 bits per heavy atom. The molecule has 1 N–H and O–H groups in total. The predicted octanol–water partition coefficient (Wildman–Crippen LogP) is 4.80. The summed E-state index contributed by atoms with van der Waals surface area (Å²) in [7, 11) is 1.30. The first kappa shape index (κ1) is 29.5. The van der Waals surface area contributed by atoms with Gasteiger partial charge in [-0.3, -0.25) is 14.4 Å². The molecule has 4 rings (SSSR count). The molecule has 1 atom stereocenters. The third-order valence-electron chi connectivity index (χ3n) is 6.08. The normalized spacial score (nSPS) is 15.2. The van der Waals surface area contributed by atoms with E-state index in [1.54, 1.807) is 11.5 Å². The fraction of sp³-hybridized carbons (Fsp3) is 0.423. The van der Waals surface area contributed by atoms with Gasteiger partial charge in [0.2, 0.25) is 5.91 Å². The first-order chi connectivity index (χ1) is 18.7. The minimum atomic E-state index is -0.454. The van der Waals surface area contributed by atoms with Gasteiger partial charge in [0.1, 0.15) is 11.5 Å². The number of rotatable bonds is 9. The van der Waals surface area contributed by atoms with Crippen LogP contribution in [-0.4, -0.2) is 53.5 Å². The monoisotopic (exact) mass is 653 g/mol. The summed E-state index contributed by atoms with van der Waals surface area (Å²) in [6.07, 6.45) is 2.64. The minimum Gasteiger partial charge on any atom is -0.468 e. The van der Waals surface area contributed by atoms with E-state index in [1.165, 1.54) is 29.8 Å². The van der Waals surface area contributed by atoms with Gasteiger partial charge < -0.3 is 19.4 Å². The van der Waals surface area contributed by atoms with Crippen molar-refractivity contribution in [3.63, 3.8) is 0 Å². The molecule has 208 valence electrons. The second-order valence-corrected chi connectivity index (χ2v) is 13.0. The van der Waals surface area contributed by atoms with Gasteiger partial charge in [-0.25, -0.2) is 4.79 Å². The number of amides is 2. The van der Waals surface area contributed by atoms with E-state index in [1.807, 2.05) is 18.2 Å². The van der Waals surface area contributed by atoms with Gasteiger partial charge in [0.15, 0.2) is 4.80 Å². The lowest BCUT2D eigenvalue weighted by Crippen LogP contribution is -2.23. The molecule has 13 heteroatoms. The van der Waals surface area contributed by atoms with E-state index >= 15 is 0 Å². The van der Waals surface area contributed by atoms with Crippen LogP contribution in [0.1, 0.15) is 41.1 Å². The van der Waals surface area contributed by atoms with Gasteiger partial charge in [-0.1, -0.05) is 34.2 Å². The number of ether oxygens (including phenoxy) is 2. The number of carbonyl (C=O) groups excluding carboxylic acids is 4. The summed E-state index contributed by atoms with van der Waals surface area (Å²) in [6.45, 7) is 4.11. The lowest BCUT2D eigenvalue weighted by molar-refractivity contribution is -0.141. The lowest BCUT2D eigenvalue weighted by Gasteiger charge is -2.18. The summed E-state index contributed by atoms with van der Waals surface area (Å²) in [5, 5.41) is 3.37. The van der Waals surface area contributed by atoms with Crippen LogP contribution in [0.15, 0.2) is 27.7 Å². The van der Waals surface area contributed by atoms with E-state index < -0.39 is 17.8 Å². The van der Waals surface area contributed by atoms with Gasteiger partial charge in [0.05, 0.1) is 41.0 Å². The molecule has 2 aromatic heterocycles. The van der Waals surface area contributed by atoms with Crippen molar-refractivity contribution in [1.29, 1.82) is 0 Å². The van der Waals surface area contributed by atoms with E-state index in [9.17, 15) is 19.2 Å². The lowest BCUT2D eigenvalue weighted by atomic mass is 9.88. The van der Waals surface area contributed by atoms with E-state index in [2.05, 4.69) is 33.2 Å². The number of thiophene rings is 1. The van der Waals surface area contributed by atoms with E-state index in [4.69, 9.17) is 9.47 Å². The van der Waals surface area contributed by atoms with Crippen LogP contribution in [0.25, 0.3) is 10.2 Å². The summed E-state index contributed by atoms with van der Waals surface area (Å²) in [5.74, 6) is -1.09. The van der Waals surface area contributed by atoms with Crippen molar-refractivity contribution < 1.29 is 28.7 Å². The highest BCUT2D eigenvalue weighted by Crippen LogP contribution is 2.40. The Morgan fingerprint density at radius 1 is 1.23 bits per heavy atom. The van der Waals surface area contributed by atoms with Crippen LogP contribution in [0.2, 0.25) is 0 Å². The van der Waals surface area contributed by atoms with Crippen LogP contribution in [0.3, 0.4) is 0 Å². The number of benzene rings is 1. The third kappa shape index (κ3) is 7.19. The number of carbonyl (C=O) groups is 4. The second kappa shape index (κ2) is 13.2. The first-order valence-corrected chi connectivity index (χ1v) is 15.9. The Bertz CT molecular complexity index is 1490. The molecule has 2 amide bonds. The number of anilines is 1. The molecule has 0 fully saturated rings. The fourth-order valence-corrected chi connectivity index (χ4v) is 7.88. The number of nitrogens with zero attached hydrogens (tertiary/aromatic N) is 2. The molecule has 0 radical (unpaired) electrons. The minimum absolute atomic E-state index is 0.0179.